The Morgan fingerprint density at radius 3 is 2.27 bits per heavy atom. The average molecular weight is 354 g/mol. The van der Waals surface area contributed by atoms with Crippen molar-refractivity contribution in [1.29, 1.82) is 0 Å². The summed E-state index contributed by atoms with van der Waals surface area (Å²) in [7, 11) is 0. The van der Waals surface area contributed by atoms with Crippen LogP contribution in [0.5, 0.6) is 0 Å². The molecule has 0 bridgehead atoms. The molecule has 0 aromatic heterocycles. The Morgan fingerprint density at radius 1 is 0.885 bits per heavy atom. The highest BCUT2D eigenvalue weighted by Crippen LogP contribution is 2.37. The molecule has 0 N–H and O–H groups in total. The lowest BCUT2D eigenvalue weighted by Gasteiger charge is -2.38. The minimum absolute atomic E-state index is 0.114. The Hall–Kier alpha value is -1.84. The first kappa shape index (κ1) is 17.6. The van der Waals surface area contributed by atoms with Crippen molar-refractivity contribution in [3.05, 3.63) is 29.8 Å². The molecule has 140 valence electrons. The summed E-state index contributed by atoms with van der Waals surface area (Å²) in [6.45, 7) is 4.75. The van der Waals surface area contributed by atoms with E-state index in [0.717, 1.165) is 70.3 Å². The molecular weight excluding hydrogens is 324 g/mol. The number of rotatable bonds is 2. The van der Waals surface area contributed by atoms with Gasteiger partial charge < -0.3 is 9.80 Å². The van der Waals surface area contributed by atoms with Gasteiger partial charge in [0.25, 0.3) is 0 Å². The van der Waals surface area contributed by atoms with Gasteiger partial charge in [-0.1, -0.05) is 38.0 Å². The minimum Gasteiger partial charge on any atom is -0.342 e. The van der Waals surface area contributed by atoms with Crippen LogP contribution in [-0.2, 0) is 16.0 Å². The van der Waals surface area contributed by atoms with Gasteiger partial charge in [-0.2, -0.15) is 0 Å². The molecule has 2 amide bonds. The number of hydrogen-bond acceptors (Lipinski definition) is 2. The number of para-hydroxylation sites is 1. The molecule has 1 saturated heterocycles. The van der Waals surface area contributed by atoms with E-state index in [1.54, 1.807) is 0 Å². The fourth-order valence-electron chi connectivity index (χ4n) is 4.95. The zero-order chi connectivity index (χ0) is 18.1. The first-order chi connectivity index (χ1) is 12.6. The van der Waals surface area contributed by atoms with Gasteiger partial charge in [-0.15, -0.1) is 0 Å². The predicted molar refractivity (Wildman–Crippen MR) is 103 cm³/mol. The number of carbonyl (C=O) groups is 2. The van der Waals surface area contributed by atoms with Crippen molar-refractivity contribution >= 4 is 17.5 Å². The van der Waals surface area contributed by atoms with Gasteiger partial charge in [-0.05, 0) is 49.7 Å². The van der Waals surface area contributed by atoms with E-state index in [1.165, 1.54) is 5.56 Å². The summed E-state index contributed by atoms with van der Waals surface area (Å²) in [5, 5.41) is 0. The second kappa shape index (κ2) is 7.42. The summed E-state index contributed by atoms with van der Waals surface area (Å²) in [6, 6.07) is 8.20. The van der Waals surface area contributed by atoms with E-state index < -0.39 is 0 Å². The zero-order valence-electron chi connectivity index (χ0n) is 15.8. The van der Waals surface area contributed by atoms with Crippen molar-refractivity contribution in [3.63, 3.8) is 0 Å². The summed E-state index contributed by atoms with van der Waals surface area (Å²) < 4.78 is 0. The van der Waals surface area contributed by atoms with Gasteiger partial charge in [0.15, 0.2) is 0 Å². The van der Waals surface area contributed by atoms with Crippen LogP contribution >= 0.6 is 0 Å². The fourth-order valence-corrected chi connectivity index (χ4v) is 4.95. The van der Waals surface area contributed by atoms with Crippen LogP contribution in [0.3, 0.4) is 0 Å². The maximum atomic E-state index is 13.4. The lowest BCUT2D eigenvalue weighted by Crippen LogP contribution is -2.48. The second-order valence-electron chi connectivity index (χ2n) is 8.37. The molecule has 2 atom stereocenters. The Bertz CT molecular complexity index is 678. The van der Waals surface area contributed by atoms with Crippen LogP contribution in [0.25, 0.3) is 0 Å². The first-order valence-electron chi connectivity index (χ1n) is 10.3. The van der Waals surface area contributed by atoms with Crippen molar-refractivity contribution in [2.75, 3.05) is 24.5 Å². The number of benzene rings is 1. The van der Waals surface area contributed by atoms with E-state index >= 15 is 0 Å². The van der Waals surface area contributed by atoms with E-state index in [4.69, 9.17) is 0 Å². The predicted octanol–water partition coefficient (Wildman–Crippen LogP) is 3.64. The van der Waals surface area contributed by atoms with Crippen molar-refractivity contribution < 1.29 is 9.59 Å². The number of hydrogen-bond donors (Lipinski definition) is 0. The third-order valence-corrected chi connectivity index (χ3v) is 6.65. The standard InChI is InChI=1S/C22H30N2O2/c1-16-10-13-23(14-11-16)21(25)18-7-3-4-8-19(18)22(26)24-15-12-17-6-2-5-9-20(17)24/h2,5-6,9,16,18-19H,3-4,7-8,10-15H2,1H3. The number of anilines is 1. The topological polar surface area (TPSA) is 40.6 Å². The van der Waals surface area contributed by atoms with Crippen LogP contribution in [0, 0.1) is 17.8 Å². The first-order valence-corrected chi connectivity index (χ1v) is 10.3. The molecule has 1 aromatic rings. The average Bonchev–Trinajstić information content (AvgIpc) is 3.11. The van der Waals surface area contributed by atoms with Gasteiger partial charge in [0.1, 0.15) is 0 Å². The van der Waals surface area contributed by atoms with Crippen LogP contribution in [0.1, 0.15) is 51.0 Å². The van der Waals surface area contributed by atoms with E-state index in [1.807, 2.05) is 28.0 Å². The molecule has 0 radical (unpaired) electrons. The van der Waals surface area contributed by atoms with Gasteiger partial charge in [0, 0.05) is 31.2 Å². The highest BCUT2D eigenvalue weighted by Gasteiger charge is 2.41. The maximum Gasteiger partial charge on any atom is 0.230 e. The van der Waals surface area contributed by atoms with Gasteiger partial charge in [0.2, 0.25) is 11.8 Å². The summed E-state index contributed by atoms with van der Waals surface area (Å²) in [6.07, 6.45) is 6.98. The number of fused-ring (bicyclic) bond motifs is 1. The molecule has 4 heteroatoms. The van der Waals surface area contributed by atoms with Gasteiger partial charge >= 0.3 is 0 Å². The third-order valence-electron chi connectivity index (χ3n) is 6.65. The molecule has 2 fully saturated rings. The van der Waals surface area contributed by atoms with Crippen molar-refractivity contribution in [1.82, 2.24) is 4.90 Å². The van der Waals surface area contributed by atoms with Gasteiger partial charge in [0.05, 0.1) is 5.92 Å². The highest BCUT2D eigenvalue weighted by atomic mass is 16.2. The van der Waals surface area contributed by atoms with Crippen LogP contribution < -0.4 is 4.90 Å². The molecule has 4 nitrogen and oxygen atoms in total. The Balaban J connectivity index is 1.51. The van der Waals surface area contributed by atoms with Crippen molar-refractivity contribution in [2.24, 2.45) is 17.8 Å². The lowest BCUT2D eigenvalue weighted by molar-refractivity contribution is -0.144. The number of piperidine rings is 1. The molecule has 0 spiro atoms. The molecule has 2 heterocycles. The molecule has 1 saturated carbocycles. The smallest absolute Gasteiger partial charge is 0.230 e. The summed E-state index contributed by atoms with van der Waals surface area (Å²) >= 11 is 0. The molecule has 3 aliphatic rings. The monoisotopic (exact) mass is 354 g/mol. The quantitative estimate of drug-likeness (QED) is 0.813. The Labute approximate surface area is 156 Å². The SMILES string of the molecule is CC1CCN(C(=O)C2CCCCC2C(=O)N2CCc3ccccc32)CC1. The van der Waals surface area contributed by atoms with Crippen LogP contribution in [0.2, 0.25) is 0 Å². The number of carbonyl (C=O) groups excluding carboxylic acids is 2. The van der Waals surface area contributed by atoms with E-state index in [9.17, 15) is 9.59 Å². The van der Waals surface area contributed by atoms with Gasteiger partial charge in [-0.25, -0.2) is 0 Å². The Morgan fingerprint density at radius 2 is 1.54 bits per heavy atom. The highest BCUT2D eigenvalue weighted by molar-refractivity contribution is 5.99. The molecule has 1 aliphatic carbocycles. The molecule has 2 aliphatic heterocycles. The largest absolute Gasteiger partial charge is 0.342 e. The number of likely N-dealkylation sites (tertiary alicyclic amines) is 1. The number of amides is 2. The summed E-state index contributed by atoms with van der Waals surface area (Å²) in [5.74, 6) is 0.879. The van der Waals surface area contributed by atoms with Crippen LogP contribution in [0.4, 0.5) is 5.69 Å². The molecule has 26 heavy (non-hydrogen) atoms. The summed E-state index contributed by atoms with van der Waals surface area (Å²) in [5.41, 5.74) is 2.31. The second-order valence-corrected chi connectivity index (χ2v) is 8.37. The van der Waals surface area contributed by atoms with Crippen molar-refractivity contribution in [3.8, 4) is 0 Å². The maximum absolute atomic E-state index is 13.4. The molecule has 2 unspecified atom stereocenters. The fraction of sp³-hybridized carbons (Fsp3) is 0.636. The lowest BCUT2D eigenvalue weighted by atomic mass is 9.77. The molecule has 4 rings (SSSR count). The van der Waals surface area contributed by atoms with E-state index in [-0.39, 0.29) is 23.7 Å². The molecular formula is C22H30N2O2. The summed E-state index contributed by atoms with van der Waals surface area (Å²) in [4.78, 5) is 30.5. The van der Waals surface area contributed by atoms with E-state index in [0.29, 0.717) is 5.92 Å². The zero-order valence-corrected chi connectivity index (χ0v) is 15.8. The Kier molecular flexibility index (Phi) is 5.01. The van der Waals surface area contributed by atoms with Crippen LogP contribution in [0.15, 0.2) is 24.3 Å². The van der Waals surface area contributed by atoms with Crippen LogP contribution in [-0.4, -0.2) is 36.3 Å². The van der Waals surface area contributed by atoms with Gasteiger partial charge in [-0.3, -0.25) is 9.59 Å². The van der Waals surface area contributed by atoms with E-state index in [2.05, 4.69) is 13.0 Å². The third kappa shape index (κ3) is 3.26. The number of nitrogens with zero attached hydrogens (tertiary/aromatic N) is 2. The molecule has 1 aromatic carbocycles. The van der Waals surface area contributed by atoms with Crippen molar-refractivity contribution in [2.45, 2.75) is 51.9 Å². The minimum atomic E-state index is -0.137. The normalized spacial score (nSPS) is 26.7.